The molecule has 0 amide bonds. The average Bonchev–Trinajstić information content (AvgIpc) is 2.55. The summed E-state index contributed by atoms with van der Waals surface area (Å²) in [5.74, 6) is 0.678. The molecule has 7 heteroatoms. The largest absolute Gasteiger partial charge is 0.411 e. The minimum atomic E-state index is 0.216. The summed E-state index contributed by atoms with van der Waals surface area (Å²) in [4.78, 5) is 12.9. The molecule has 0 bridgehead atoms. The van der Waals surface area contributed by atoms with E-state index < -0.39 is 0 Å². The van der Waals surface area contributed by atoms with Crippen molar-refractivity contribution in [1.29, 1.82) is 5.26 Å². The Morgan fingerprint density at radius 3 is 3.00 bits per heavy atom. The fourth-order valence-electron chi connectivity index (χ4n) is 3.36. The number of piperidine rings is 1. The summed E-state index contributed by atoms with van der Waals surface area (Å²) in [6.45, 7) is 2.52. The first-order valence-corrected chi connectivity index (χ1v) is 7.23. The van der Waals surface area contributed by atoms with Gasteiger partial charge in [-0.1, -0.05) is 0 Å². The molecule has 3 heterocycles. The third kappa shape index (κ3) is 2.67. The van der Waals surface area contributed by atoms with Gasteiger partial charge in [0.15, 0.2) is 11.5 Å². The van der Waals surface area contributed by atoms with Crippen LogP contribution in [0.3, 0.4) is 0 Å². The molecule has 7 nitrogen and oxygen atoms in total. The zero-order valence-electron chi connectivity index (χ0n) is 11.8. The summed E-state index contributed by atoms with van der Waals surface area (Å²) in [5.41, 5.74) is 0.384. The number of piperazine rings is 1. The van der Waals surface area contributed by atoms with Crippen LogP contribution in [-0.2, 0) is 0 Å². The molecule has 2 atom stereocenters. The number of hydrogen-bond acceptors (Lipinski definition) is 7. The zero-order chi connectivity index (χ0) is 14.7. The van der Waals surface area contributed by atoms with E-state index >= 15 is 0 Å². The van der Waals surface area contributed by atoms with E-state index in [0.29, 0.717) is 17.6 Å². The smallest absolute Gasteiger partial charge is 0.183 e. The van der Waals surface area contributed by atoms with Crippen molar-refractivity contribution in [2.45, 2.75) is 31.3 Å². The fourth-order valence-corrected chi connectivity index (χ4v) is 3.36. The molecule has 2 aliphatic heterocycles. The van der Waals surface area contributed by atoms with Gasteiger partial charge in [-0.2, -0.15) is 5.26 Å². The Labute approximate surface area is 123 Å². The van der Waals surface area contributed by atoms with Crippen LogP contribution in [0, 0.1) is 11.3 Å². The molecular formula is C14H18N6O. The summed E-state index contributed by atoms with van der Waals surface area (Å²) >= 11 is 0. The number of fused-ring (bicyclic) bond motifs is 1. The van der Waals surface area contributed by atoms with Crippen molar-refractivity contribution in [2.75, 3.05) is 24.5 Å². The van der Waals surface area contributed by atoms with Gasteiger partial charge >= 0.3 is 0 Å². The second-order valence-electron chi connectivity index (χ2n) is 5.44. The number of nitriles is 1. The topological polar surface area (TPSA) is 88.6 Å². The maximum Gasteiger partial charge on any atom is 0.183 e. The Kier molecular flexibility index (Phi) is 3.97. The Balaban J connectivity index is 1.77. The van der Waals surface area contributed by atoms with Crippen LogP contribution >= 0.6 is 0 Å². The molecule has 2 aliphatic rings. The van der Waals surface area contributed by atoms with Crippen molar-refractivity contribution in [3.8, 4) is 6.07 Å². The lowest BCUT2D eigenvalue weighted by Gasteiger charge is -2.47. The van der Waals surface area contributed by atoms with Gasteiger partial charge in [0, 0.05) is 44.1 Å². The van der Waals surface area contributed by atoms with E-state index in [1.165, 1.54) is 0 Å². The first kappa shape index (κ1) is 13.8. The molecule has 1 aromatic rings. The first-order chi connectivity index (χ1) is 10.3. The highest BCUT2D eigenvalue weighted by Gasteiger charge is 2.35. The lowest BCUT2D eigenvalue weighted by atomic mass is 9.94. The number of aromatic nitrogens is 2. The standard InChI is InChI=1S/C14H18N6O/c15-8-13-14(17-5-4-16-13)19-6-7-20-11(9-18-21)2-1-3-12(20)10-19/h4-5,9,11-12,21H,1-3,6-7,10H2/b18-9+. The normalized spacial score (nSPS) is 26.5. The molecule has 0 saturated carbocycles. The van der Waals surface area contributed by atoms with Crippen molar-refractivity contribution >= 4 is 12.0 Å². The minimum Gasteiger partial charge on any atom is -0.411 e. The average molecular weight is 286 g/mol. The third-order valence-corrected chi connectivity index (χ3v) is 4.31. The quantitative estimate of drug-likeness (QED) is 0.492. The van der Waals surface area contributed by atoms with E-state index in [9.17, 15) is 0 Å². The Bertz CT molecular complexity index is 569. The molecule has 2 fully saturated rings. The molecule has 1 aromatic heterocycles. The highest BCUT2D eigenvalue weighted by molar-refractivity contribution is 5.64. The van der Waals surface area contributed by atoms with Crippen LogP contribution in [0.15, 0.2) is 17.5 Å². The number of nitrogens with zero attached hydrogens (tertiary/aromatic N) is 6. The molecule has 1 N–H and O–H groups in total. The van der Waals surface area contributed by atoms with Gasteiger partial charge in [0.2, 0.25) is 0 Å². The second kappa shape index (κ2) is 6.06. The molecule has 0 aliphatic carbocycles. The van der Waals surface area contributed by atoms with Gasteiger partial charge in [0.25, 0.3) is 0 Å². The fraction of sp³-hybridized carbons (Fsp3) is 0.571. The van der Waals surface area contributed by atoms with Gasteiger partial charge in [-0.15, -0.1) is 5.16 Å². The molecule has 2 saturated heterocycles. The van der Waals surface area contributed by atoms with Crippen LogP contribution in [0.4, 0.5) is 5.82 Å². The predicted molar refractivity (Wildman–Crippen MR) is 77.4 cm³/mol. The van der Waals surface area contributed by atoms with Gasteiger partial charge < -0.3 is 10.1 Å². The number of anilines is 1. The van der Waals surface area contributed by atoms with E-state index in [1.54, 1.807) is 18.6 Å². The lowest BCUT2D eigenvalue weighted by Crippen LogP contribution is -2.59. The maximum atomic E-state index is 9.16. The summed E-state index contributed by atoms with van der Waals surface area (Å²) in [5, 5.41) is 21.2. The highest BCUT2D eigenvalue weighted by atomic mass is 16.4. The van der Waals surface area contributed by atoms with E-state index in [4.69, 9.17) is 10.5 Å². The van der Waals surface area contributed by atoms with Crippen molar-refractivity contribution in [2.24, 2.45) is 5.16 Å². The van der Waals surface area contributed by atoms with Crippen LogP contribution in [0.25, 0.3) is 0 Å². The van der Waals surface area contributed by atoms with E-state index in [1.807, 2.05) is 0 Å². The van der Waals surface area contributed by atoms with Crippen LogP contribution in [0.5, 0.6) is 0 Å². The van der Waals surface area contributed by atoms with Crippen molar-refractivity contribution in [1.82, 2.24) is 14.9 Å². The number of hydrogen-bond donors (Lipinski definition) is 1. The van der Waals surface area contributed by atoms with Gasteiger partial charge in [0.05, 0.1) is 6.21 Å². The third-order valence-electron chi connectivity index (χ3n) is 4.31. The first-order valence-electron chi connectivity index (χ1n) is 7.23. The number of rotatable bonds is 2. The monoisotopic (exact) mass is 286 g/mol. The van der Waals surface area contributed by atoms with E-state index in [-0.39, 0.29) is 6.04 Å². The molecular weight excluding hydrogens is 268 g/mol. The van der Waals surface area contributed by atoms with Crippen LogP contribution < -0.4 is 4.90 Å². The zero-order valence-corrected chi connectivity index (χ0v) is 11.8. The summed E-state index contributed by atoms with van der Waals surface area (Å²) < 4.78 is 0. The SMILES string of the molecule is N#Cc1nccnc1N1CCN2C(/C=N/O)CCCC2C1. The molecule has 21 heavy (non-hydrogen) atoms. The molecule has 0 radical (unpaired) electrons. The molecule has 2 unspecified atom stereocenters. The van der Waals surface area contributed by atoms with Gasteiger partial charge in [-0.05, 0) is 19.3 Å². The number of oxime groups is 1. The summed E-state index contributed by atoms with van der Waals surface area (Å²) in [6.07, 6.45) is 8.09. The molecule has 0 spiro atoms. The van der Waals surface area contributed by atoms with Crippen molar-refractivity contribution in [3.63, 3.8) is 0 Å². The van der Waals surface area contributed by atoms with Crippen molar-refractivity contribution in [3.05, 3.63) is 18.1 Å². The molecule has 3 rings (SSSR count). The van der Waals surface area contributed by atoms with E-state index in [2.05, 4.69) is 31.0 Å². The van der Waals surface area contributed by atoms with Crippen molar-refractivity contribution < 1.29 is 5.21 Å². The minimum absolute atomic E-state index is 0.216. The Morgan fingerprint density at radius 1 is 1.33 bits per heavy atom. The lowest BCUT2D eigenvalue weighted by molar-refractivity contribution is 0.106. The maximum absolute atomic E-state index is 9.16. The Morgan fingerprint density at radius 2 is 2.19 bits per heavy atom. The molecule has 0 aromatic carbocycles. The van der Waals surface area contributed by atoms with Crippen LogP contribution in [0.1, 0.15) is 25.0 Å². The van der Waals surface area contributed by atoms with Gasteiger partial charge in [-0.25, -0.2) is 9.97 Å². The Hall–Kier alpha value is -2.20. The summed E-state index contributed by atoms with van der Waals surface area (Å²) in [7, 11) is 0. The summed E-state index contributed by atoms with van der Waals surface area (Å²) in [6, 6.07) is 2.73. The van der Waals surface area contributed by atoms with Gasteiger partial charge in [0.1, 0.15) is 6.07 Å². The van der Waals surface area contributed by atoms with Crippen LogP contribution in [0.2, 0.25) is 0 Å². The molecule has 110 valence electrons. The highest BCUT2D eigenvalue weighted by Crippen LogP contribution is 2.28. The van der Waals surface area contributed by atoms with Gasteiger partial charge in [-0.3, -0.25) is 4.90 Å². The van der Waals surface area contributed by atoms with Crippen LogP contribution in [-0.4, -0.2) is 58.0 Å². The predicted octanol–water partition coefficient (Wildman–Crippen LogP) is 0.851. The second-order valence-corrected chi connectivity index (χ2v) is 5.44. The van der Waals surface area contributed by atoms with E-state index in [0.717, 1.165) is 38.9 Å².